The smallest absolute Gasteiger partial charge is 0.335 e. The van der Waals surface area contributed by atoms with Gasteiger partial charge in [-0.2, -0.15) is 4.98 Å². The summed E-state index contributed by atoms with van der Waals surface area (Å²) in [6.45, 7) is 3.73. The zero-order valence-electron chi connectivity index (χ0n) is 11.2. The minimum absolute atomic E-state index is 0.0176. The zero-order chi connectivity index (χ0) is 14.9. The molecule has 20 heavy (non-hydrogen) atoms. The highest BCUT2D eigenvalue weighted by Gasteiger charge is 2.19. The molecule has 3 N–H and O–H groups in total. The molecule has 0 spiro atoms. The molecule has 0 aliphatic heterocycles. The lowest BCUT2D eigenvalue weighted by atomic mass is 10.2. The van der Waals surface area contributed by atoms with Crippen LogP contribution in [0.2, 0.25) is 0 Å². The van der Waals surface area contributed by atoms with Crippen LogP contribution in [0.15, 0.2) is 22.6 Å². The van der Waals surface area contributed by atoms with Gasteiger partial charge in [-0.1, -0.05) is 0 Å². The van der Waals surface area contributed by atoms with Crippen molar-refractivity contribution in [2.24, 2.45) is 5.73 Å². The summed E-state index contributed by atoms with van der Waals surface area (Å²) < 4.78 is 5.53. The number of amides is 1. The average Bonchev–Trinajstić information content (AvgIpc) is 2.77. The van der Waals surface area contributed by atoms with Crippen LogP contribution in [0, 0.1) is 0 Å². The van der Waals surface area contributed by atoms with Crippen molar-refractivity contribution in [3.63, 3.8) is 0 Å². The quantitative estimate of drug-likeness (QED) is 0.850. The van der Waals surface area contributed by atoms with Crippen LogP contribution in [-0.4, -0.2) is 34.6 Å². The third kappa shape index (κ3) is 2.71. The second-order valence-corrected chi connectivity index (χ2v) is 4.67. The first-order valence-electron chi connectivity index (χ1n) is 6.07. The molecule has 0 radical (unpaired) electrons. The topological polar surface area (TPSA) is 110 Å². The Hall–Kier alpha value is -2.57. The van der Waals surface area contributed by atoms with Gasteiger partial charge in [0.05, 0.1) is 5.56 Å². The highest BCUT2D eigenvalue weighted by Crippen LogP contribution is 2.24. The van der Waals surface area contributed by atoms with Crippen molar-refractivity contribution >= 4 is 29.0 Å². The summed E-state index contributed by atoms with van der Waals surface area (Å²) in [7, 11) is 0. The number of hydrogen-bond acceptors (Lipinski definition) is 5. The van der Waals surface area contributed by atoms with Crippen molar-refractivity contribution in [2.45, 2.75) is 19.9 Å². The molecule has 2 rings (SSSR count). The summed E-state index contributed by atoms with van der Waals surface area (Å²) in [6.07, 6.45) is 0. The number of nitrogens with zero attached hydrogens (tertiary/aromatic N) is 2. The number of aromatic carboxylic acids is 1. The van der Waals surface area contributed by atoms with E-state index in [0.717, 1.165) is 0 Å². The molecule has 2 aromatic rings. The maximum atomic E-state index is 11.1. The maximum Gasteiger partial charge on any atom is 0.335 e. The fourth-order valence-electron chi connectivity index (χ4n) is 1.81. The van der Waals surface area contributed by atoms with Crippen molar-refractivity contribution in [2.75, 3.05) is 11.4 Å². The van der Waals surface area contributed by atoms with Crippen molar-refractivity contribution in [1.29, 1.82) is 0 Å². The summed E-state index contributed by atoms with van der Waals surface area (Å²) in [5, 5.41) is 8.93. The van der Waals surface area contributed by atoms with Crippen molar-refractivity contribution in [3.05, 3.63) is 23.8 Å². The second-order valence-electron chi connectivity index (χ2n) is 4.67. The number of anilines is 1. The van der Waals surface area contributed by atoms with Crippen LogP contribution in [-0.2, 0) is 4.79 Å². The molecule has 0 bridgehead atoms. The SMILES string of the molecule is CC(C)N(CC(N)=O)c1nc2ccc(C(=O)O)cc2o1. The predicted octanol–water partition coefficient (Wildman–Crippen LogP) is 1.23. The molecule has 0 saturated heterocycles. The van der Waals surface area contributed by atoms with E-state index in [9.17, 15) is 9.59 Å². The maximum absolute atomic E-state index is 11.1. The van der Waals surface area contributed by atoms with E-state index in [2.05, 4.69) is 4.98 Å². The molecule has 0 atom stereocenters. The molecule has 7 nitrogen and oxygen atoms in total. The van der Waals surface area contributed by atoms with Gasteiger partial charge in [-0.3, -0.25) is 4.79 Å². The Bertz CT molecular complexity index is 663. The van der Waals surface area contributed by atoms with Crippen LogP contribution in [0.5, 0.6) is 0 Å². The Labute approximate surface area is 115 Å². The largest absolute Gasteiger partial charge is 0.478 e. The Morgan fingerprint density at radius 3 is 2.70 bits per heavy atom. The van der Waals surface area contributed by atoms with E-state index in [1.54, 1.807) is 11.0 Å². The number of rotatable bonds is 5. The van der Waals surface area contributed by atoms with Crippen molar-refractivity contribution in [1.82, 2.24) is 4.98 Å². The highest BCUT2D eigenvalue weighted by molar-refractivity contribution is 5.92. The van der Waals surface area contributed by atoms with E-state index in [4.69, 9.17) is 15.3 Å². The molecule has 0 aliphatic rings. The van der Waals surface area contributed by atoms with E-state index in [0.29, 0.717) is 11.1 Å². The van der Waals surface area contributed by atoms with Gasteiger partial charge in [-0.25, -0.2) is 4.79 Å². The molecule has 7 heteroatoms. The normalized spacial score (nSPS) is 10.9. The molecule has 1 aromatic carbocycles. The number of benzene rings is 1. The summed E-state index contributed by atoms with van der Waals surface area (Å²) in [5.41, 5.74) is 6.20. The van der Waals surface area contributed by atoms with Gasteiger partial charge in [0, 0.05) is 6.04 Å². The van der Waals surface area contributed by atoms with Gasteiger partial charge in [-0.05, 0) is 32.0 Å². The number of aromatic nitrogens is 1. The third-order valence-corrected chi connectivity index (χ3v) is 2.82. The Morgan fingerprint density at radius 1 is 1.45 bits per heavy atom. The van der Waals surface area contributed by atoms with E-state index in [-0.39, 0.29) is 24.2 Å². The number of carboxylic acid groups (broad SMARTS) is 1. The predicted molar refractivity (Wildman–Crippen MR) is 72.6 cm³/mol. The molecule has 0 fully saturated rings. The first-order valence-corrected chi connectivity index (χ1v) is 6.07. The van der Waals surface area contributed by atoms with Crippen LogP contribution >= 0.6 is 0 Å². The first-order chi connectivity index (χ1) is 9.38. The molecule has 1 aromatic heterocycles. The molecule has 106 valence electrons. The van der Waals surface area contributed by atoms with E-state index >= 15 is 0 Å². The Balaban J connectivity index is 2.43. The number of oxazole rings is 1. The third-order valence-electron chi connectivity index (χ3n) is 2.82. The minimum atomic E-state index is -1.04. The fraction of sp³-hybridized carbons (Fsp3) is 0.308. The molecule has 1 heterocycles. The molecular weight excluding hydrogens is 262 g/mol. The van der Waals surface area contributed by atoms with Gasteiger partial charge >= 0.3 is 5.97 Å². The van der Waals surface area contributed by atoms with E-state index < -0.39 is 11.9 Å². The van der Waals surface area contributed by atoms with Gasteiger partial charge in [0.15, 0.2) is 5.58 Å². The average molecular weight is 277 g/mol. The molecular formula is C13H15N3O4. The van der Waals surface area contributed by atoms with Crippen molar-refractivity contribution in [3.8, 4) is 0 Å². The number of hydrogen-bond donors (Lipinski definition) is 2. The number of carbonyl (C=O) groups is 2. The number of nitrogens with two attached hydrogens (primary N) is 1. The summed E-state index contributed by atoms with van der Waals surface area (Å²) >= 11 is 0. The van der Waals surface area contributed by atoms with E-state index in [1.165, 1.54) is 12.1 Å². The number of carboxylic acids is 1. The number of carbonyl (C=O) groups excluding carboxylic acids is 1. The van der Waals surface area contributed by atoms with Gasteiger partial charge in [0.2, 0.25) is 5.91 Å². The molecule has 0 saturated carbocycles. The standard InChI is InChI=1S/C13H15N3O4/c1-7(2)16(6-11(14)17)13-15-9-4-3-8(12(18)19)5-10(9)20-13/h3-5,7H,6H2,1-2H3,(H2,14,17)(H,18,19). The molecule has 0 unspecified atom stereocenters. The molecule has 0 aliphatic carbocycles. The number of primary amides is 1. The van der Waals surface area contributed by atoms with E-state index in [1.807, 2.05) is 13.8 Å². The minimum Gasteiger partial charge on any atom is -0.478 e. The monoisotopic (exact) mass is 277 g/mol. The Morgan fingerprint density at radius 2 is 2.15 bits per heavy atom. The lowest BCUT2D eigenvalue weighted by Gasteiger charge is -2.22. The van der Waals surface area contributed by atoms with Crippen LogP contribution in [0.25, 0.3) is 11.1 Å². The first kappa shape index (κ1) is 13.9. The lowest BCUT2D eigenvalue weighted by Crippen LogP contribution is -2.38. The Kier molecular flexibility index (Phi) is 3.60. The van der Waals surface area contributed by atoms with Crippen LogP contribution < -0.4 is 10.6 Å². The van der Waals surface area contributed by atoms with Gasteiger partial charge < -0.3 is 20.2 Å². The second kappa shape index (κ2) is 5.20. The van der Waals surface area contributed by atoms with Crippen LogP contribution in [0.1, 0.15) is 24.2 Å². The summed E-state index contributed by atoms with van der Waals surface area (Å²) in [6, 6.07) is 4.63. The zero-order valence-corrected chi connectivity index (χ0v) is 11.2. The lowest BCUT2D eigenvalue weighted by molar-refractivity contribution is -0.116. The van der Waals surface area contributed by atoms with Gasteiger partial charge in [0.1, 0.15) is 12.1 Å². The number of fused-ring (bicyclic) bond motifs is 1. The van der Waals surface area contributed by atoms with Gasteiger partial charge in [0.25, 0.3) is 6.01 Å². The van der Waals surface area contributed by atoms with Crippen LogP contribution in [0.3, 0.4) is 0 Å². The summed E-state index contributed by atoms with van der Waals surface area (Å²) in [4.78, 5) is 27.8. The van der Waals surface area contributed by atoms with Crippen LogP contribution in [0.4, 0.5) is 6.01 Å². The summed E-state index contributed by atoms with van der Waals surface area (Å²) in [5.74, 6) is -1.53. The fourth-order valence-corrected chi connectivity index (χ4v) is 1.81. The van der Waals surface area contributed by atoms with Gasteiger partial charge in [-0.15, -0.1) is 0 Å². The molecule has 1 amide bonds. The van der Waals surface area contributed by atoms with Crippen molar-refractivity contribution < 1.29 is 19.1 Å². The highest BCUT2D eigenvalue weighted by atomic mass is 16.4.